The van der Waals surface area contributed by atoms with Crippen molar-refractivity contribution in [2.75, 3.05) is 73.1 Å². The Kier molecular flexibility index (Phi) is 19.4. The first-order valence-corrected chi connectivity index (χ1v) is 19.5. The molecule has 322 valence electrons. The number of aryl methyl sites for hydroxylation is 1. The van der Waals surface area contributed by atoms with Crippen molar-refractivity contribution in [2.24, 2.45) is 0 Å². The SMILES string of the molecule is CC.CN(C=O)C1CCC(=O)NC1=O.Cc1ccc(OCCOCCOCCOCCOCCOc2ccc(-c3cc4[nH]c5ccncc5c4c(F)c3F)cn2)cc1C=O. The van der Waals surface area contributed by atoms with E-state index in [2.05, 4.69) is 20.3 Å². The van der Waals surface area contributed by atoms with Crippen LogP contribution in [0.15, 0.2) is 61.1 Å². The second-order valence-electron chi connectivity index (χ2n) is 12.9. The van der Waals surface area contributed by atoms with Gasteiger partial charge in [-0.2, -0.15) is 0 Å². The fourth-order valence-corrected chi connectivity index (χ4v) is 5.84. The Bertz CT molecular complexity index is 2150. The molecule has 1 unspecified atom stereocenters. The Morgan fingerprint density at radius 2 is 1.45 bits per heavy atom. The summed E-state index contributed by atoms with van der Waals surface area (Å²) in [6.07, 6.45) is 6.66. The van der Waals surface area contributed by atoms with Crippen LogP contribution < -0.4 is 14.8 Å². The van der Waals surface area contributed by atoms with Crippen molar-refractivity contribution in [1.29, 1.82) is 0 Å². The number of H-pyrrole nitrogens is 1. The summed E-state index contributed by atoms with van der Waals surface area (Å²) in [7, 11) is 1.52. The van der Waals surface area contributed by atoms with Crippen LogP contribution in [0.3, 0.4) is 0 Å². The summed E-state index contributed by atoms with van der Waals surface area (Å²) < 4.78 is 63.1. The molecule has 1 fully saturated rings. The van der Waals surface area contributed by atoms with Gasteiger partial charge in [0, 0.05) is 71.1 Å². The van der Waals surface area contributed by atoms with E-state index in [4.69, 9.17) is 28.4 Å². The van der Waals surface area contributed by atoms with E-state index in [1.54, 1.807) is 36.5 Å². The average molecular weight is 836 g/mol. The molecule has 2 aromatic carbocycles. The first-order chi connectivity index (χ1) is 29.2. The number of piperidine rings is 1. The monoisotopic (exact) mass is 835 g/mol. The van der Waals surface area contributed by atoms with E-state index in [1.807, 2.05) is 32.9 Å². The van der Waals surface area contributed by atoms with Gasteiger partial charge in [-0.25, -0.2) is 13.8 Å². The van der Waals surface area contributed by atoms with E-state index >= 15 is 0 Å². The van der Waals surface area contributed by atoms with Gasteiger partial charge in [-0.3, -0.25) is 29.5 Å². The van der Waals surface area contributed by atoms with Crippen molar-refractivity contribution >= 4 is 46.3 Å². The lowest BCUT2D eigenvalue weighted by molar-refractivity contribution is -0.140. The molecule has 0 bridgehead atoms. The number of amides is 3. The lowest BCUT2D eigenvalue weighted by Gasteiger charge is -2.26. The number of hydrogen-bond acceptors (Lipinski definition) is 12. The molecular weight excluding hydrogens is 784 g/mol. The Morgan fingerprint density at radius 1 is 0.800 bits per heavy atom. The number of carbonyl (C=O) groups is 4. The Balaban J connectivity index is 0.000000484. The van der Waals surface area contributed by atoms with Gasteiger partial charge in [-0.15, -0.1) is 0 Å². The minimum atomic E-state index is -0.947. The normalized spacial score (nSPS) is 13.5. The second-order valence-corrected chi connectivity index (χ2v) is 12.9. The van der Waals surface area contributed by atoms with Crippen molar-refractivity contribution in [3.05, 3.63) is 83.8 Å². The van der Waals surface area contributed by atoms with Crippen LogP contribution in [0.1, 0.15) is 42.6 Å². The summed E-state index contributed by atoms with van der Waals surface area (Å²) in [5.74, 6) is -1.56. The van der Waals surface area contributed by atoms with Crippen LogP contribution in [0.4, 0.5) is 8.78 Å². The number of rotatable bonds is 21. The number of nitrogens with one attached hydrogen (secondary N) is 2. The molecule has 4 heterocycles. The van der Waals surface area contributed by atoms with Gasteiger partial charge in [0.15, 0.2) is 11.6 Å². The Labute approximate surface area is 346 Å². The zero-order chi connectivity index (χ0) is 43.3. The number of likely N-dealkylation sites (N-methyl/N-ethyl adjacent to an activating group) is 1. The summed E-state index contributed by atoms with van der Waals surface area (Å²) >= 11 is 0. The standard InChI is InChI=1S/C34H35F2N3O7.C7H10N2O3.C2H6/c1-23-2-4-26(18-25(23)22-40)45-16-14-43-12-10-41-8-9-42-11-13-44-15-17-46-31-5-3-24(20-38-31)27-19-30-32(34(36)33(27)35)28-21-37-7-6-29(28)39-30;1-9(4-10)5-2-3-6(11)8-7(5)12;1-2/h2-7,18-22,39H,8-17H2,1H3;4-5H,2-3H2,1H3,(H,8,11,12);1-2H3. The maximum absolute atomic E-state index is 15.0. The zero-order valence-corrected chi connectivity index (χ0v) is 34.2. The third-order valence-electron chi connectivity index (χ3n) is 8.95. The quantitative estimate of drug-likeness (QED) is 0.0531. The summed E-state index contributed by atoms with van der Waals surface area (Å²) in [5.41, 5.74) is 3.20. The molecule has 3 amide bonds. The predicted molar refractivity (Wildman–Crippen MR) is 219 cm³/mol. The first kappa shape index (κ1) is 46.8. The van der Waals surface area contributed by atoms with Crippen LogP contribution in [-0.2, 0) is 33.3 Å². The highest BCUT2D eigenvalue weighted by molar-refractivity contribution is 6.08. The molecule has 15 nitrogen and oxygen atoms in total. The molecule has 60 heavy (non-hydrogen) atoms. The molecule has 0 spiro atoms. The number of aromatic amines is 1. The van der Waals surface area contributed by atoms with E-state index in [1.165, 1.54) is 24.3 Å². The fourth-order valence-electron chi connectivity index (χ4n) is 5.84. The second kappa shape index (κ2) is 24.9. The zero-order valence-electron chi connectivity index (χ0n) is 34.2. The molecule has 1 saturated heterocycles. The van der Waals surface area contributed by atoms with Gasteiger partial charge >= 0.3 is 0 Å². The van der Waals surface area contributed by atoms with Gasteiger partial charge < -0.3 is 38.3 Å². The van der Waals surface area contributed by atoms with Gasteiger partial charge in [-0.05, 0) is 49.2 Å². The summed E-state index contributed by atoms with van der Waals surface area (Å²) in [5, 5.41) is 2.86. The average Bonchev–Trinajstić information content (AvgIpc) is 3.65. The number of nitrogens with zero attached hydrogens (tertiary/aromatic N) is 3. The highest BCUT2D eigenvalue weighted by atomic mass is 19.2. The highest BCUT2D eigenvalue weighted by Gasteiger charge is 2.29. The van der Waals surface area contributed by atoms with Crippen LogP contribution in [0.25, 0.3) is 32.9 Å². The van der Waals surface area contributed by atoms with Crippen LogP contribution in [0.2, 0.25) is 0 Å². The van der Waals surface area contributed by atoms with Crippen molar-refractivity contribution in [3.8, 4) is 22.8 Å². The number of aromatic nitrogens is 3. The summed E-state index contributed by atoms with van der Waals surface area (Å²) in [4.78, 5) is 55.7. The maximum Gasteiger partial charge on any atom is 0.249 e. The third kappa shape index (κ3) is 13.6. The summed E-state index contributed by atoms with van der Waals surface area (Å²) in [6.45, 7) is 9.81. The third-order valence-corrected chi connectivity index (χ3v) is 8.95. The number of carbonyl (C=O) groups excluding carboxylic acids is 4. The van der Waals surface area contributed by atoms with Crippen LogP contribution in [0.5, 0.6) is 11.6 Å². The molecular formula is C43H51F2N5O10. The molecule has 0 saturated carbocycles. The Hall–Kier alpha value is -5.88. The number of benzene rings is 2. The topological polar surface area (TPSA) is 180 Å². The van der Waals surface area contributed by atoms with E-state index in [-0.39, 0.29) is 29.4 Å². The number of fused-ring (bicyclic) bond motifs is 3. The highest BCUT2D eigenvalue weighted by Crippen LogP contribution is 2.34. The molecule has 3 aromatic heterocycles. The number of ether oxygens (including phenoxy) is 6. The van der Waals surface area contributed by atoms with Crippen molar-refractivity contribution in [2.45, 2.75) is 39.7 Å². The van der Waals surface area contributed by atoms with Crippen LogP contribution in [0, 0.1) is 18.6 Å². The number of imide groups is 1. The van der Waals surface area contributed by atoms with E-state index in [0.717, 1.165) is 11.8 Å². The molecule has 6 rings (SSSR count). The van der Waals surface area contributed by atoms with Crippen molar-refractivity contribution < 1.29 is 56.4 Å². The molecule has 0 aliphatic carbocycles. The lowest BCUT2D eigenvalue weighted by atomic mass is 10.0. The van der Waals surface area contributed by atoms with Crippen LogP contribution >= 0.6 is 0 Å². The summed E-state index contributed by atoms with van der Waals surface area (Å²) in [6, 6.07) is 11.4. The molecule has 2 N–H and O–H groups in total. The molecule has 1 aliphatic heterocycles. The smallest absolute Gasteiger partial charge is 0.249 e. The van der Waals surface area contributed by atoms with E-state index in [0.29, 0.717) is 118 Å². The van der Waals surface area contributed by atoms with Crippen LogP contribution in [-0.4, -0.2) is 124 Å². The molecule has 5 aromatic rings. The van der Waals surface area contributed by atoms with E-state index < -0.39 is 17.7 Å². The minimum absolute atomic E-state index is 0.0989. The Morgan fingerprint density at radius 3 is 2.05 bits per heavy atom. The number of halogens is 2. The number of pyridine rings is 2. The largest absolute Gasteiger partial charge is 0.491 e. The van der Waals surface area contributed by atoms with Gasteiger partial charge in [0.05, 0.1) is 58.4 Å². The predicted octanol–water partition coefficient (Wildman–Crippen LogP) is 5.61. The molecule has 1 atom stereocenters. The van der Waals surface area contributed by atoms with Gasteiger partial charge in [-0.1, -0.05) is 19.9 Å². The first-order valence-electron chi connectivity index (χ1n) is 19.5. The van der Waals surface area contributed by atoms with Gasteiger partial charge in [0.2, 0.25) is 24.1 Å². The van der Waals surface area contributed by atoms with Gasteiger partial charge in [0.25, 0.3) is 0 Å². The fraction of sp³-hybridized carbons (Fsp3) is 0.395. The number of hydrogen-bond donors (Lipinski definition) is 2. The van der Waals surface area contributed by atoms with Crippen molar-refractivity contribution in [1.82, 2.24) is 25.2 Å². The van der Waals surface area contributed by atoms with E-state index in [9.17, 15) is 28.0 Å². The van der Waals surface area contributed by atoms with Crippen molar-refractivity contribution in [3.63, 3.8) is 0 Å². The maximum atomic E-state index is 15.0. The number of aldehydes is 1. The lowest BCUT2D eigenvalue weighted by Crippen LogP contribution is -2.50. The molecule has 17 heteroatoms. The molecule has 0 radical (unpaired) electrons. The van der Waals surface area contributed by atoms with Gasteiger partial charge in [0.1, 0.15) is 31.3 Å². The minimum Gasteiger partial charge on any atom is -0.491 e. The molecule has 1 aliphatic rings.